The van der Waals surface area contributed by atoms with E-state index in [1.54, 1.807) is 0 Å². The molecule has 2 fully saturated rings. The van der Waals surface area contributed by atoms with Crippen LogP contribution >= 0.6 is 0 Å². The maximum atomic E-state index is 13.6. The van der Waals surface area contributed by atoms with Gasteiger partial charge in [-0.05, 0) is 63.7 Å². The molecular weight excluding hydrogens is 359 g/mol. The molecule has 0 bridgehead atoms. The van der Waals surface area contributed by atoms with Crippen LogP contribution in [0.1, 0.15) is 104 Å². The number of carbonyl (C=O) groups is 2. The second kappa shape index (κ2) is 11.2. The van der Waals surface area contributed by atoms with E-state index < -0.39 is 12.1 Å². The molecule has 0 aliphatic heterocycles. The molecule has 0 aromatic rings. The van der Waals surface area contributed by atoms with Crippen molar-refractivity contribution in [1.82, 2.24) is 0 Å². The summed E-state index contributed by atoms with van der Waals surface area (Å²) in [5.74, 6) is -0.500. The highest BCUT2D eigenvalue weighted by Crippen LogP contribution is 2.41. The predicted octanol–water partition coefficient (Wildman–Crippen LogP) is 5.91. The Balaban J connectivity index is 1.85. The van der Waals surface area contributed by atoms with Crippen molar-refractivity contribution in [3.8, 4) is 0 Å². The van der Waals surface area contributed by atoms with Gasteiger partial charge in [0, 0.05) is 0 Å². The molecule has 162 valence electrons. The van der Waals surface area contributed by atoms with Gasteiger partial charge < -0.3 is 9.47 Å². The molecule has 4 nitrogen and oxygen atoms in total. The van der Waals surface area contributed by atoms with Gasteiger partial charge in [0.25, 0.3) is 0 Å². The van der Waals surface area contributed by atoms with Gasteiger partial charge in [0.1, 0.15) is 11.7 Å². The van der Waals surface area contributed by atoms with Gasteiger partial charge in [0.05, 0.1) is 5.92 Å². The van der Waals surface area contributed by atoms with E-state index in [0.717, 1.165) is 25.7 Å². The molecule has 2 aliphatic rings. The Morgan fingerprint density at radius 2 is 1.57 bits per heavy atom. The number of carbonyl (C=O) groups excluding carboxylic acids is 2. The zero-order chi connectivity index (χ0) is 20.6. The molecule has 2 saturated carbocycles. The van der Waals surface area contributed by atoms with Gasteiger partial charge in [-0.3, -0.25) is 4.79 Å². The highest BCUT2D eigenvalue weighted by molar-refractivity contribution is 5.75. The van der Waals surface area contributed by atoms with Crippen LogP contribution in [0.3, 0.4) is 0 Å². The first-order valence-corrected chi connectivity index (χ1v) is 11.5. The van der Waals surface area contributed by atoms with E-state index in [9.17, 15) is 14.0 Å². The molecule has 5 heteroatoms. The molecule has 0 spiro atoms. The summed E-state index contributed by atoms with van der Waals surface area (Å²) in [5.41, 5.74) is -0.331. The fourth-order valence-electron chi connectivity index (χ4n) is 4.99. The molecule has 28 heavy (non-hydrogen) atoms. The predicted molar refractivity (Wildman–Crippen MR) is 108 cm³/mol. The van der Waals surface area contributed by atoms with Gasteiger partial charge >= 0.3 is 11.9 Å². The van der Waals surface area contributed by atoms with Crippen molar-refractivity contribution in [3.63, 3.8) is 0 Å². The summed E-state index contributed by atoms with van der Waals surface area (Å²) in [6, 6.07) is 0. The lowest BCUT2D eigenvalue weighted by molar-refractivity contribution is -0.177. The lowest BCUT2D eigenvalue weighted by atomic mass is 9.74. The average molecular weight is 399 g/mol. The maximum absolute atomic E-state index is 13.6. The third-order valence-corrected chi connectivity index (χ3v) is 6.94. The van der Waals surface area contributed by atoms with Gasteiger partial charge in [0.15, 0.2) is 6.17 Å². The number of hydrogen-bond acceptors (Lipinski definition) is 4. The SMILES string of the molecule is CCCC(F)C(=O)OC1CCC(C(=O)OC(CC)(CC)C2CCCCC2)CC1. The average Bonchev–Trinajstić information content (AvgIpc) is 2.73. The van der Waals surface area contributed by atoms with Crippen LogP contribution in [0.15, 0.2) is 0 Å². The molecule has 1 atom stereocenters. The standard InChI is InChI=1S/C23H39FO4/c1-4-10-20(24)22(26)27-19-15-13-17(14-16-19)21(25)28-23(5-2,6-3)18-11-8-7-9-12-18/h17-20H,4-16H2,1-3H3. The summed E-state index contributed by atoms with van der Waals surface area (Å²) in [5, 5.41) is 0. The Kier molecular flexibility index (Phi) is 9.23. The normalized spacial score (nSPS) is 25.1. The van der Waals surface area contributed by atoms with Crippen LogP contribution in [-0.2, 0) is 19.1 Å². The second-order valence-electron chi connectivity index (χ2n) is 8.69. The van der Waals surface area contributed by atoms with Crippen molar-refractivity contribution in [2.24, 2.45) is 11.8 Å². The van der Waals surface area contributed by atoms with E-state index in [-0.39, 0.29) is 30.0 Å². The van der Waals surface area contributed by atoms with Crippen molar-refractivity contribution in [3.05, 3.63) is 0 Å². The highest BCUT2D eigenvalue weighted by atomic mass is 19.1. The second-order valence-corrected chi connectivity index (χ2v) is 8.69. The minimum Gasteiger partial charge on any atom is -0.460 e. The number of rotatable bonds is 9. The van der Waals surface area contributed by atoms with Gasteiger partial charge in [-0.2, -0.15) is 0 Å². The molecular formula is C23H39FO4. The lowest BCUT2D eigenvalue weighted by Crippen LogP contribution is -2.44. The fourth-order valence-corrected chi connectivity index (χ4v) is 4.99. The van der Waals surface area contributed by atoms with Crippen LogP contribution in [0.2, 0.25) is 0 Å². The summed E-state index contributed by atoms with van der Waals surface area (Å²) < 4.78 is 25.1. The van der Waals surface area contributed by atoms with Crippen molar-refractivity contribution in [2.45, 2.75) is 122 Å². The van der Waals surface area contributed by atoms with E-state index in [0.29, 0.717) is 38.0 Å². The van der Waals surface area contributed by atoms with Crippen molar-refractivity contribution < 1.29 is 23.5 Å². The molecule has 0 aromatic carbocycles. The van der Waals surface area contributed by atoms with E-state index in [1.165, 1.54) is 19.3 Å². The van der Waals surface area contributed by atoms with E-state index in [4.69, 9.17) is 9.47 Å². The topological polar surface area (TPSA) is 52.6 Å². The molecule has 0 N–H and O–H groups in total. The van der Waals surface area contributed by atoms with Crippen LogP contribution in [0.4, 0.5) is 4.39 Å². The van der Waals surface area contributed by atoms with Crippen LogP contribution in [-0.4, -0.2) is 29.8 Å². The monoisotopic (exact) mass is 398 g/mol. The Labute approximate surface area is 169 Å². The summed E-state index contributed by atoms with van der Waals surface area (Å²) in [6.07, 6.45) is 9.32. The highest BCUT2D eigenvalue weighted by Gasteiger charge is 2.41. The number of ether oxygens (including phenoxy) is 2. The van der Waals surface area contributed by atoms with Gasteiger partial charge in [-0.25, -0.2) is 9.18 Å². The molecule has 0 radical (unpaired) electrons. The minimum atomic E-state index is -1.53. The van der Waals surface area contributed by atoms with Crippen molar-refractivity contribution in [1.29, 1.82) is 0 Å². The largest absolute Gasteiger partial charge is 0.460 e. The van der Waals surface area contributed by atoms with Gasteiger partial charge in [0.2, 0.25) is 0 Å². The Morgan fingerprint density at radius 3 is 2.11 bits per heavy atom. The van der Waals surface area contributed by atoms with Crippen molar-refractivity contribution >= 4 is 11.9 Å². The fraction of sp³-hybridized carbons (Fsp3) is 0.913. The molecule has 2 rings (SSSR count). The molecule has 2 aliphatic carbocycles. The number of alkyl halides is 1. The molecule has 0 amide bonds. The van der Waals surface area contributed by atoms with Gasteiger partial charge in [-0.15, -0.1) is 0 Å². The van der Waals surface area contributed by atoms with E-state index in [2.05, 4.69) is 13.8 Å². The zero-order valence-corrected chi connectivity index (χ0v) is 18.0. The Morgan fingerprint density at radius 1 is 0.964 bits per heavy atom. The third-order valence-electron chi connectivity index (χ3n) is 6.94. The van der Waals surface area contributed by atoms with Crippen LogP contribution in [0, 0.1) is 11.8 Å². The van der Waals surface area contributed by atoms with Crippen LogP contribution < -0.4 is 0 Å². The minimum absolute atomic E-state index is 0.0894. The lowest BCUT2D eigenvalue weighted by Gasteiger charge is -2.42. The first-order chi connectivity index (χ1) is 13.5. The first kappa shape index (κ1) is 23.2. The van der Waals surface area contributed by atoms with Crippen LogP contribution in [0.25, 0.3) is 0 Å². The Hall–Kier alpha value is -1.13. The summed E-state index contributed by atoms with van der Waals surface area (Å²) in [7, 11) is 0. The zero-order valence-electron chi connectivity index (χ0n) is 18.0. The van der Waals surface area contributed by atoms with Crippen molar-refractivity contribution in [2.75, 3.05) is 0 Å². The summed E-state index contributed by atoms with van der Waals surface area (Å²) in [6.45, 7) is 6.10. The quantitative estimate of drug-likeness (QED) is 0.453. The maximum Gasteiger partial charge on any atom is 0.340 e. The summed E-state index contributed by atoms with van der Waals surface area (Å²) >= 11 is 0. The first-order valence-electron chi connectivity index (χ1n) is 11.5. The number of esters is 2. The molecule has 0 saturated heterocycles. The molecule has 1 unspecified atom stereocenters. The van der Waals surface area contributed by atoms with E-state index in [1.807, 2.05) is 6.92 Å². The molecule has 0 heterocycles. The smallest absolute Gasteiger partial charge is 0.340 e. The van der Waals surface area contributed by atoms with Gasteiger partial charge in [-0.1, -0.05) is 46.5 Å². The number of halogens is 1. The molecule has 0 aromatic heterocycles. The number of hydrogen-bond donors (Lipinski definition) is 0. The Bertz CT molecular complexity index is 489. The van der Waals surface area contributed by atoms with E-state index >= 15 is 0 Å². The van der Waals surface area contributed by atoms with Crippen LogP contribution in [0.5, 0.6) is 0 Å². The summed E-state index contributed by atoms with van der Waals surface area (Å²) in [4.78, 5) is 24.7. The third kappa shape index (κ3) is 5.93.